The van der Waals surface area contributed by atoms with Gasteiger partial charge in [0.15, 0.2) is 5.65 Å². The van der Waals surface area contributed by atoms with Gasteiger partial charge in [0.05, 0.1) is 32.5 Å². The van der Waals surface area contributed by atoms with E-state index in [9.17, 15) is 4.79 Å². The molecule has 0 aliphatic heterocycles. The molecule has 2 N–H and O–H groups in total. The summed E-state index contributed by atoms with van der Waals surface area (Å²) in [6.07, 6.45) is 2.80. The first-order chi connectivity index (χ1) is 7.77. The van der Waals surface area contributed by atoms with E-state index in [1.165, 1.54) is 21.8 Å². The highest BCUT2D eigenvalue weighted by Crippen LogP contribution is 2.04. The van der Waals surface area contributed by atoms with Crippen LogP contribution in [0.25, 0.3) is 11.0 Å². The number of aromatic nitrogens is 4. The topological polar surface area (TPSA) is 93.2 Å². The van der Waals surface area contributed by atoms with Crippen LogP contribution < -0.4 is 5.56 Å². The molecule has 0 spiro atoms. The van der Waals surface area contributed by atoms with Crippen molar-refractivity contribution in [3.05, 3.63) is 22.9 Å². The van der Waals surface area contributed by atoms with Crippen molar-refractivity contribution in [1.29, 1.82) is 0 Å². The average Bonchev–Trinajstić information content (AvgIpc) is 2.67. The molecule has 0 aliphatic carbocycles. The minimum Gasteiger partial charge on any atom is -0.395 e. The van der Waals surface area contributed by atoms with Crippen LogP contribution in [0.4, 0.5) is 0 Å². The third-order valence-electron chi connectivity index (χ3n) is 2.27. The van der Waals surface area contributed by atoms with E-state index in [2.05, 4.69) is 10.1 Å². The molecule has 0 radical (unpaired) electrons. The Labute approximate surface area is 90.6 Å². The first kappa shape index (κ1) is 10.8. The molecule has 7 heteroatoms. The van der Waals surface area contributed by atoms with Crippen LogP contribution in [-0.2, 0) is 13.1 Å². The summed E-state index contributed by atoms with van der Waals surface area (Å²) in [5.74, 6) is 0. The van der Waals surface area contributed by atoms with E-state index >= 15 is 0 Å². The maximum absolute atomic E-state index is 11.8. The van der Waals surface area contributed by atoms with Crippen LogP contribution >= 0.6 is 0 Å². The van der Waals surface area contributed by atoms with Crippen molar-refractivity contribution < 1.29 is 10.2 Å². The molecule has 2 aromatic heterocycles. The predicted octanol–water partition coefficient (Wildman–Crippen LogP) is -1.42. The van der Waals surface area contributed by atoms with Crippen molar-refractivity contribution in [3.8, 4) is 0 Å². The van der Waals surface area contributed by atoms with Gasteiger partial charge in [-0.2, -0.15) is 5.10 Å². The highest BCUT2D eigenvalue weighted by molar-refractivity contribution is 5.72. The molecular formula is C9H12N4O3. The van der Waals surface area contributed by atoms with Gasteiger partial charge in [0.1, 0.15) is 11.7 Å². The molecule has 0 aromatic carbocycles. The van der Waals surface area contributed by atoms with E-state index in [0.29, 0.717) is 17.6 Å². The normalized spacial score (nSPS) is 11.1. The Morgan fingerprint density at radius 3 is 2.69 bits per heavy atom. The molecule has 0 atom stereocenters. The lowest BCUT2D eigenvalue weighted by Crippen LogP contribution is -2.22. The highest BCUT2D eigenvalue weighted by atomic mass is 16.3. The minimum atomic E-state index is -0.233. The maximum Gasteiger partial charge on any atom is 0.264 e. The molecule has 0 saturated carbocycles. The second kappa shape index (κ2) is 4.42. The quantitative estimate of drug-likeness (QED) is 0.664. The molecule has 2 rings (SSSR count). The Morgan fingerprint density at radius 1 is 1.25 bits per heavy atom. The predicted molar refractivity (Wildman–Crippen MR) is 56.0 cm³/mol. The van der Waals surface area contributed by atoms with Gasteiger partial charge in [-0.15, -0.1) is 0 Å². The number of nitrogens with zero attached hydrogens (tertiary/aromatic N) is 4. The Kier molecular flexibility index (Phi) is 2.97. The minimum absolute atomic E-state index is 0.0574. The van der Waals surface area contributed by atoms with E-state index in [1.807, 2.05) is 0 Å². The third kappa shape index (κ3) is 1.70. The zero-order valence-electron chi connectivity index (χ0n) is 8.57. The van der Waals surface area contributed by atoms with Gasteiger partial charge in [0.2, 0.25) is 0 Å². The fourth-order valence-corrected chi connectivity index (χ4v) is 1.52. The smallest absolute Gasteiger partial charge is 0.264 e. The lowest BCUT2D eigenvalue weighted by molar-refractivity contribution is 0.271. The van der Waals surface area contributed by atoms with Crippen molar-refractivity contribution >= 4 is 11.0 Å². The van der Waals surface area contributed by atoms with Crippen LogP contribution in [0.1, 0.15) is 0 Å². The zero-order chi connectivity index (χ0) is 11.5. The van der Waals surface area contributed by atoms with Crippen molar-refractivity contribution in [3.63, 3.8) is 0 Å². The number of aliphatic hydroxyl groups is 2. The summed E-state index contributed by atoms with van der Waals surface area (Å²) in [4.78, 5) is 15.9. The molecule has 2 heterocycles. The lowest BCUT2D eigenvalue weighted by Gasteiger charge is -2.03. The van der Waals surface area contributed by atoms with E-state index in [4.69, 9.17) is 10.2 Å². The molecule has 86 valence electrons. The fourth-order valence-electron chi connectivity index (χ4n) is 1.52. The molecule has 0 unspecified atom stereocenters. The summed E-state index contributed by atoms with van der Waals surface area (Å²) in [6.45, 7) is 0.350. The van der Waals surface area contributed by atoms with Gasteiger partial charge in [-0.3, -0.25) is 9.36 Å². The van der Waals surface area contributed by atoms with Gasteiger partial charge in [0, 0.05) is 0 Å². The highest BCUT2D eigenvalue weighted by Gasteiger charge is 2.08. The Hall–Kier alpha value is -1.73. The van der Waals surface area contributed by atoms with E-state index in [1.54, 1.807) is 0 Å². The van der Waals surface area contributed by atoms with E-state index < -0.39 is 0 Å². The van der Waals surface area contributed by atoms with Crippen LogP contribution in [0.3, 0.4) is 0 Å². The van der Waals surface area contributed by atoms with Crippen LogP contribution in [0.2, 0.25) is 0 Å². The molecule has 7 nitrogen and oxygen atoms in total. The summed E-state index contributed by atoms with van der Waals surface area (Å²) < 4.78 is 2.80. The third-order valence-corrected chi connectivity index (χ3v) is 2.27. The first-order valence-corrected chi connectivity index (χ1v) is 4.90. The first-order valence-electron chi connectivity index (χ1n) is 4.90. The standard InChI is InChI=1S/C9H12N4O3/c14-3-1-12-6-10-8-7(9(12)16)5-11-13(8)2-4-15/h5-6,14-15H,1-4H2. The van der Waals surface area contributed by atoms with Crippen molar-refractivity contribution in [2.75, 3.05) is 13.2 Å². The fraction of sp³-hybridized carbons (Fsp3) is 0.444. The molecule has 16 heavy (non-hydrogen) atoms. The zero-order valence-corrected chi connectivity index (χ0v) is 8.57. The molecular weight excluding hydrogens is 212 g/mol. The van der Waals surface area contributed by atoms with Crippen LogP contribution in [0.5, 0.6) is 0 Å². The monoisotopic (exact) mass is 224 g/mol. The van der Waals surface area contributed by atoms with Gasteiger partial charge in [0.25, 0.3) is 5.56 Å². The van der Waals surface area contributed by atoms with Crippen LogP contribution in [0, 0.1) is 0 Å². The number of fused-ring (bicyclic) bond motifs is 1. The van der Waals surface area contributed by atoms with E-state index in [0.717, 1.165) is 0 Å². The number of aliphatic hydroxyl groups excluding tert-OH is 2. The van der Waals surface area contributed by atoms with Crippen molar-refractivity contribution in [1.82, 2.24) is 19.3 Å². The molecule has 0 amide bonds. The van der Waals surface area contributed by atoms with Crippen LogP contribution in [0.15, 0.2) is 17.3 Å². The SMILES string of the molecule is O=c1c2cnn(CCO)c2ncn1CCO. The summed E-state index contributed by atoms with van der Waals surface area (Å²) in [5.41, 5.74) is 0.219. The summed E-state index contributed by atoms with van der Waals surface area (Å²) in [7, 11) is 0. The summed E-state index contributed by atoms with van der Waals surface area (Å²) in [6, 6.07) is 0. The summed E-state index contributed by atoms with van der Waals surface area (Å²) in [5, 5.41) is 21.9. The Morgan fingerprint density at radius 2 is 2.00 bits per heavy atom. The number of hydrogen-bond acceptors (Lipinski definition) is 5. The lowest BCUT2D eigenvalue weighted by atomic mass is 10.4. The van der Waals surface area contributed by atoms with Gasteiger partial charge in [-0.05, 0) is 0 Å². The van der Waals surface area contributed by atoms with Gasteiger partial charge in [-0.1, -0.05) is 0 Å². The second-order valence-corrected chi connectivity index (χ2v) is 3.30. The van der Waals surface area contributed by atoms with Crippen molar-refractivity contribution in [2.24, 2.45) is 0 Å². The maximum atomic E-state index is 11.8. The Balaban J connectivity index is 2.55. The van der Waals surface area contributed by atoms with Crippen molar-refractivity contribution in [2.45, 2.75) is 13.1 Å². The van der Waals surface area contributed by atoms with Crippen LogP contribution in [-0.4, -0.2) is 42.8 Å². The largest absolute Gasteiger partial charge is 0.395 e. The molecule has 0 bridgehead atoms. The van der Waals surface area contributed by atoms with Gasteiger partial charge < -0.3 is 10.2 Å². The summed E-state index contributed by atoms with van der Waals surface area (Å²) >= 11 is 0. The van der Waals surface area contributed by atoms with Gasteiger partial charge in [-0.25, -0.2) is 9.67 Å². The second-order valence-electron chi connectivity index (χ2n) is 3.30. The molecule has 0 fully saturated rings. The molecule has 0 aliphatic rings. The van der Waals surface area contributed by atoms with Gasteiger partial charge >= 0.3 is 0 Å². The molecule has 2 aromatic rings. The van der Waals surface area contributed by atoms with E-state index in [-0.39, 0.29) is 25.3 Å². The molecule has 0 saturated heterocycles. The Bertz CT molecular complexity index is 545. The number of hydrogen-bond donors (Lipinski definition) is 2. The average molecular weight is 224 g/mol. The number of rotatable bonds is 4.